The van der Waals surface area contributed by atoms with E-state index in [0.717, 1.165) is 37.8 Å². The second-order valence-electron chi connectivity index (χ2n) is 4.82. The molecule has 1 aliphatic heterocycles. The van der Waals surface area contributed by atoms with Crippen LogP contribution >= 0.6 is 12.2 Å². The zero-order chi connectivity index (χ0) is 13.5. The first kappa shape index (κ1) is 14.3. The Bertz CT molecular complexity index is 396. The summed E-state index contributed by atoms with van der Waals surface area (Å²) in [5, 5.41) is 4.21. The van der Waals surface area contributed by atoms with Crippen LogP contribution in [-0.2, 0) is 4.74 Å². The van der Waals surface area contributed by atoms with Crippen LogP contribution in [-0.4, -0.2) is 36.3 Å². The monoisotopic (exact) mass is 278 g/mol. The van der Waals surface area contributed by atoms with Gasteiger partial charge in [0, 0.05) is 19.7 Å². The molecule has 0 spiro atoms. The van der Waals surface area contributed by atoms with E-state index in [0.29, 0.717) is 6.04 Å². The molecule has 2 rings (SSSR count). The topological polar surface area (TPSA) is 24.5 Å². The van der Waals surface area contributed by atoms with Gasteiger partial charge in [-0.3, -0.25) is 0 Å². The second-order valence-corrected chi connectivity index (χ2v) is 5.21. The van der Waals surface area contributed by atoms with Crippen LogP contribution in [0.1, 0.15) is 31.4 Å². The van der Waals surface area contributed by atoms with Gasteiger partial charge in [-0.25, -0.2) is 0 Å². The van der Waals surface area contributed by atoms with E-state index in [4.69, 9.17) is 17.0 Å². The summed E-state index contributed by atoms with van der Waals surface area (Å²) < 4.78 is 5.60. The number of ether oxygens (including phenoxy) is 1. The van der Waals surface area contributed by atoms with Crippen molar-refractivity contribution in [2.24, 2.45) is 0 Å². The molecule has 0 saturated carbocycles. The molecule has 1 unspecified atom stereocenters. The molecule has 4 heteroatoms. The molecule has 3 nitrogen and oxygen atoms in total. The molecular formula is C15H22N2OS. The summed E-state index contributed by atoms with van der Waals surface area (Å²) in [5.74, 6) is 0. The summed E-state index contributed by atoms with van der Waals surface area (Å²) in [6.45, 7) is 5.59. The van der Waals surface area contributed by atoms with Gasteiger partial charge in [-0.05, 0) is 24.2 Å². The highest BCUT2D eigenvalue weighted by Gasteiger charge is 2.26. The smallest absolute Gasteiger partial charge is 0.169 e. The maximum Gasteiger partial charge on any atom is 0.169 e. The summed E-state index contributed by atoms with van der Waals surface area (Å²) in [5.41, 5.74) is 1.29. The van der Waals surface area contributed by atoms with Crippen molar-refractivity contribution < 1.29 is 4.74 Å². The molecule has 0 radical (unpaired) electrons. The fourth-order valence-corrected chi connectivity index (χ4v) is 2.49. The van der Waals surface area contributed by atoms with Gasteiger partial charge in [-0.1, -0.05) is 43.7 Å². The Morgan fingerprint density at radius 2 is 2.11 bits per heavy atom. The van der Waals surface area contributed by atoms with E-state index in [2.05, 4.69) is 41.4 Å². The van der Waals surface area contributed by atoms with E-state index >= 15 is 0 Å². The van der Waals surface area contributed by atoms with E-state index in [1.54, 1.807) is 0 Å². The first-order valence-corrected chi connectivity index (χ1v) is 7.40. The second kappa shape index (κ2) is 7.46. The molecule has 1 aliphatic rings. The van der Waals surface area contributed by atoms with Crippen molar-refractivity contribution in [3.05, 3.63) is 35.9 Å². The van der Waals surface area contributed by atoms with Crippen LogP contribution in [0.25, 0.3) is 0 Å². The minimum Gasteiger partial charge on any atom is -0.380 e. The molecule has 0 amide bonds. The van der Waals surface area contributed by atoms with Crippen LogP contribution in [0.15, 0.2) is 30.3 Å². The lowest BCUT2D eigenvalue weighted by atomic mass is 10.1. The maximum absolute atomic E-state index is 5.60. The Morgan fingerprint density at radius 1 is 1.32 bits per heavy atom. The Kier molecular flexibility index (Phi) is 5.61. The molecule has 0 bridgehead atoms. The molecular weight excluding hydrogens is 256 g/mol. The normalized spacial score (nSPS) is 18.7. The first-order chi connectivity index (χ1) is 9.31. The third-order valence-corrected chi connectivity index (χ3v) is 3.71. The van der Waals surface area contributed by atoms with Gasteiger partial charge in [0.15, 0.2) is 5.11 Å². The third kappa shape index (κ3) is 4.18. The minimum absolute atomic E-state index is 0.310. The Balaban J connectivity index is 1.76. The Labute approximate surface area is 120 Å². The van der Waals surface area contributed by atoms with Gasteiger partial charge >= 0.3 is 0 Å². The van der Waals surface area contributed by atoms with Gasteiger partial charge in [0.05, 0.1) is 12.6 Å². The zero-order valence-electron chi connectivity index (χ0n) is 11.5. The van der Waals surface area contributed by atoms with E-state index in [-0.39, 0.29) is 0 Å². The van der Waals surface area contributed by atoms with Gasteiger partial charge in [0.25, 0.3) is 0 Å². The molecule has 1 aromatic rings. The lowest BCUT2D eigenvalue weighted by Crippen LogP contribution is -2.31. The minimum atomic E-state index is 0.310. The largest absolute Gasteiger partial charge is 0.380 e. The van der Waals surface area contributed by atoms with Gasteiger partial charge < -0.3 is 15.0 Å². The van der Waals surface area contributed by atoms with Gasteiger partial charge in [0.2, 0.25) is 0 Å². The van der Waals surface area contributed by atoms with Crippen LogP contribution in [0.2, 0.25) is 0 Å². The van der Waals surface area contributed by atoms with Crippen LogP contribution in [0.5, 0.6) is 0 Å². The third-order valence-electron chi connectivity index (χ3n) is 3.34. The number of nitrogens with zero attached hydrogens (tertiary/aromatic N) is 1. The number of nitrogens with one attached hydrogen (secondary N) is 1. The Hall–Kier alpha value is -1.13. The molecule has 19 heavy (non-hydrogen) atoms. The summed E-state index contributed by atoms with van der Waals surface area (Å²) in [6.07, 6.45) is 2.31. The van der Waals surface area contributed by atoms with Crippen LogP contribution in [0.4, 0.5) is 0 Å². The summed E-state index contributed by atoms with van der Waals surface area (Å²) in [6, 6.07) is 10.8. The fourth-order valence-electron chi connectivity index (χ4n) is 2.18. The predicted molar refractivity (Wildman–Crippen MR) is 82.2 cm³/mol. The van der Waals surface area contributed by atoms with Crippen LogP contribution in [0.3, 0.4) is 0 Å². The molecule has 1 aromatic carbocycles. The van der Waals surface area contributed by atoms with E-state index in [1.165, 1.54) is 12.0 Å². The summed E-state index contributed by atoms with van der Waals surface area (Å²) >= 11 is 5.38. The zero-order valence-corrected chi connectivity index (χ0v) is 12.3. The van der Waals surface area contributed by atoms with Crippen LogP contribution in [0, 0.1) is 0 Å². The molecule has 1 atom stereocenters. The van der Waals surface area contributed by atoms with Crippen LogP contribution < -0.4 is 5.32 Å². The summed E-state index contributed by atoms with van der Waals surface area (Å²) in [7, 11) is 0. The highest BCUT2D eigenvalue weighted by molar-refractivity contribution is 7.80. The number of rotatable bonds is 7. The highest BCUT2D eigenvalue weighted by Crippen LogP contribution is 2.19. The molecule has 1 heterocycles. The predicted octanol–water partition coefficient (Wildman–Crippen LogP) is 2.73. The van der Waals surface area contributed by atoms with E-state index in [1.807, 2.05) is 6.07 Å². The van der Waals surface area contributed by atoms with Crippen molar-refractivity contribution in [3.63, 3.8) is 0 Å². The van der Waals surface area contributed by atoms with Gasteiger partial charge in [-0.15, -0.1) is 0 Å². The van der Waals surface area contributed by atoms with Gasteiger partial charge in [0.1, 0.15) is 0 Å². The fraction of sp³-hybridized carbons (Fsp3) is 0.533. The molecule has 1 fully saturated rings. The van der Waals surface area contributed by atoms with Crippen molar-refractivity contribution in [2.75, 3.05) is 26.3 Å². The average Bonchev–Trinajstić information content (AvgIpc) is 2.81. The van der Waals surface area contributed by atoms with E-state index in [9.17, 15) is 0 Å². The number of thiocarbonyl (C=S) groups is 1. The molecule has 1 N–H and O–H groups in total. The van der Waals surface area contributed by atoms with Crippen molar-refractivity contribution in [1.82, 2.24) is 10.2 Å². The number of unbranched alkanes of at least 4 members (excludes halogenated alkanes) is 1. The van der Waals surface area contributed by atoms with Crippen molar-refractivity contribution >= 4 is 17.3 Å². The average molecular weight is 278 g/mol. The van der Waals surface area contributed by atoms with Crippen molar-refractivity contribution in [2.45, 2.75) is 25.8 Å². The number of hydrogen-bond donors (Lipinski definition) is 1. The maximum atomic E-state index is 5.60. The lowest BCUT2D eigenvalue weighted by molar-refractivity contribution is 0.119. The number of benzene rings is 1. The molecule has 0 aliphatic carbocycles. The Morgan fingerprint density at radius 3 is 2.84 bits per heavy atom. The summed E-state index contributed by atoms with van der Waals surface area (Å²) in [4.78, 5) is 2.19. The SMILES string of the molecule is CCCCOCCN1CC(c2ccccc2)NC1=S. The number of hydrogen-bond acceptors (Lipinski definition) is 2. The first-order valence-electron chi connectivity index (χ1n) is 6.99. The van der Waals surface area contributed by atoms with E-state index < -0.39 is 0 Å². The van der Waals surface area contributed by atoms with Crippen molar-refractivity contribution in [1.29, 1.82) is 0 Å². The van der Waals surface area contributed by atoms with Gasteiger partial charge in [-0.2, -0.15) is 0 Å². The quantitative estimate of drug-likeness (QED) is 0.612. The van der Waals surface area contributed by atoms with Crippen molar-refractivity contribution in [3.8, 4) is 0 Å². The molecule has 1 saturated heterocycles. The lowest BCUT2D eigenvalue weighted by Gasteiger charge is -2.16. The highest BCUT2D eigenvalue weighted by atomic mass is 32.1. The molecule has 104 valence electrons. The molecule has 0 aromatic heterocycles. The standard InChI is InChI=1S/C15H22N2OS/c1-2-3-10-18-11-9-17-12-14(16-15(17)19)13-7-5-4-6-8-13/h4-8,14H,2-3,9-12H2,1H3,(H,16,19).